The van der Waals surface area contributed by atoms with Gasteiger partial charge in [0.2, 0.25) is 11.8 Å². The Balaban J connectivity index is 2.34. The Morgan fingerprint density at radius 1 is 1.16 bits per heavy atom. The number of benzene rings is 2. The largest absolute Gasteiger partial charge is 0.350 e. The lowest BCUT2D eigenvalue weighted by atomic mass is 10.0. The molecular weight excluding hydrogens is 394 g/mol. The number of nitro benzene ring substituents is 1. The van der Waals surface area contributed by atoms with Gasteiger partial charge in [-0.2, -0.15) is 0 Å². The van der Waals surface area contributed by atoms with Crippen molar-refractivity contribution in [3.63, 3.8) is 0 Å². The van der Waals surface area contributed by atoms with E-state index in [1.807, 2.05) is 37.3 Å². The Bertz CT molecular complexity index is 881. The van der Waals surface area contributed by atoms with Gasteiger partial charge in [-0.15, -0.1) is 6.58 Å². The smallest absolute Gasteiger partial charge is 0.269 e. The van der Waals surface area contributed by atoms with Crippen molar-refractivity contribution in [3.05, 3.63) is 88.5 Å². The van der Waals surface area contributed by atoms with E-state index < -0.39 is 11.0 Å². The highest BCUT2D eigenvalue weighted by atomic mass is 16.6. The van der Waals surface area contributed by atoms with E-state index in [0.717, 1.165) is 18.4 Å². The Morgan fingerprint density at radius 2 is 1.84 bits per heavy atom. The topological polar surface area (TPSA) is 92.6 Å². The van der Waals surface area contributed by atoms with Gasteiger partial charge in [-0.1, -0.05) is 49.8 Å². The highest BCUT2D eigenvalue weighted by molar-refractivity contribution is 5.88. The van der Waals surface area contributed by atoms with E-state index in [4.69, 9.17) is 0 Å². The fourth-order valence-electron chi connectivity index (χ4n) is 3.23. The molecule has 0 aromatic heterocycles. The summed E-state index contributed by atoms with van der Waals surface area (Å²) in [5, 5.41) is 13.9. The summed E-state index contributed by atoms with van der Waals surface area (Å²) < 4.78 is 0. The molecule has 1 atom stereocenters. The first-order chi connectivity index (χ1) is 15.0. The number of hydrogen-bond acceptors (Lipinski definition) is 4. The minimum atomic E-state index is -0.867. The number of carbonyl (C=O) groups excluding carboxylic acids is 2. The minimum absolute atomic E-state index is 0.0646. The summed E-state index contributed by atoms with van der Waals surface area (Å²) in [5.41, 5.74) is 1.42. The second-order valence-electron chi connectivity index (χ2n) is 7.22. The van der Waals surface area contributed by atoms with Crippen molar-refractivity contribution in [1.29, 1.82) is 0 Å². The maximum atomic E-state index is 13.3. The lowest BCUT2D eigenvalue weighted by Crippen LogP contribution is -2.44. The van der Waals surface area contributed by atoms with Crippen LogP contribution in [0, 0.1) is 10.1 Å². The Labute approximate surface area is 182 Å². The number of nitrogens with zero attached hydrogens (tertiary/aromatic N) is 2. The van der Waals surface area contributed by atoms with Crippen molar-refractivity contribution in [2.24, 2.45) is 0 Å². The average molecular weight is 424 g/mol. The third-order valence-corrected chi connectivity index (χ3v) is 4.92. The number of non-ortho nitro benzene ring substituents is 1. The average Bonchev–Trinajstić information content (AvgIpc) is 2.79. The van der Waals surface area contributed by atoms with Gasteiger partial charge in [-0.3, -0.25) is 19.7 Å². The monoisotopic (exact) mass is 423 g/mol. The van der Waals surface area contributed by atoms with Crippen LogP contribution in [-0.4, -0.2) is 28.2 Å². The summed E-state index contributed by atoms with van der Waals surface area (Å²) >= 11 is 0. The van der Waals surface area contributed by atoms with E-state index in [9.17, 15) is 19.7 Å². The first-order valence-corrected chi connectivity index (χ1v) is 10.4. The Kier molecular flexibility index (Phi) is 9.42. The predicted octanol–water partition coefficient (Wildman–Crippen LogP) is 4.55. The third-order valence-electron chi connectivity index (χ3n) is 4.92. The molecule has 7 nitrogen and oxygen atoms in total. The van der Waals surface area contributed by atoms with Crippen LogP contribution in [0.4, 0.5) is 5.69 Å². The molecule has 164 valence electrons. The molecule has 0 aliphatic rings. The van der Waals surface area contributed by atoms with Crippen LogP contribution >= 0.6 is 0 Å². The van der Waals surface area contributed by atoms with Gasteiger partial charge >= 0.3 is 0 Å². The van der Waals surface area contributed by atoms with Crippen molar-refractivity contribution in [1.82, 2.24) is 10.2 Å². The molecule has 2 amide bonds. The molecule has 31 heavy (non-hydrogen) atoms. The van der Waals surface area contributed by atoms with Crippen LogP contribution in [-0.2, 0) is 16.1 Å². The number of nitro groups is 1. The number of hydrogen-bond donors (Lipinski definition) is 1. The lowest BCUT2D eigenvalue weighted by molar-refractivity contribution is -0.384. The summed E-state index contributed by atoms with van der Waals surface area (Å²) in [7, 11) is 0. The Hall–Kier alpha value is -3.48. The summed E-state index contributed by atoms with van der Waals surface area (Å²) in [6.45, 7) is 6.43. The Morgan fingerprint density at radius 3 is 2.42 bits per heavy atom. The van der Waals surface area contributed by atoms with Gasteiger partial charge in [0.1, 0.15) is 6.04 Å². The van der Waals surface area contributed by atoms with Gasteiger partial charge in [-0.05, 0) is 36.1 Å². The van der Waals surface area contributed by atoms with Crippen LogP contribution in [0.1, 0.15) is 49.8 Å². The van der Waals surface area contributed by atoms with Gasteiger partial charge < -0.3 is 10.2 Å². The van der Waals surface area contributed by atoms with Gasteiger partial charge in [0.15, 0.2) is 0 Å². The van der Waals surface area contributed by atoms with Gasteiger partial charge in [0.05, 0.1) is 4.92 Å². The van der Waals surface area contributed by atoms with E-state index in [0.29, 0.717) is 25.1 Å². The number of rotatable bonds is 12. The molecule has 2 aromatic carbocycles. The molecule has 7 heteroatoms. The molecule has 0 bridgehead atoms. The number of carbonyl (C=O) groups is 2. The molecule has 0 spiro atoms. The number of nitrogens with one attached hydrogen (secondary N) is 1. The van der Waals surface area contributed by atoms with E-state index in [-0.39, 0.29) is 23.9 Å². The van der Waals surface area contributed by atoms with E-state index >= 15 is 0 Å². The molecule has 2 rings (SSSR count). The van der Waals surface area contributed by atoms with Crippen LogP contribution in [0.2, 0.25) is 0 Å². The number of unbranched alkanes of at least 4 members (excludes halogenated alkanes) is 1. The SMILES string of the molecule is C=CCCC(=O)N(CCCC)C(C(=O)NCc1ccccc1)c1ccc([N+](=O)[O-])cc1. The third kappa shape index (κ3) is 7.06. The molecular formula is C24H29N3O4. The zero-order chi connectivity index (χ0) is 22.6. The lowest BCUT2D eigenvalue weighted by Gasteiger charge is -2.31. The number of allylic oxidation sites excluding steroid dienone is 1. The molecule has 1 N–H and O–H groups in total. The van der Waals surface area contributed by atoms with Gasteiger partial charge in [-0.25, -0.2) is 0 Å². The van der Waals surface area contributed by atoms with Crippen molar-refractivity contribution >= 4 is 17.5 Å². The first kappa shape index (κ1) is 23.8. The van der Waals surface area contributed by atoms with Crippen LogP contribution in [0.3, 0.4) is 0 Å². The quantitative estimate of drug-likeness (QED) is 0.308. The van der Waals surface area contributed by atoms with E-state index in [1.54, 1.807) is 23.1 Å². The highest BCUT2D eigenvalue weighted by Crippen LogP contribution is 2.25. The molecule has 0 aliphatic carbocycles. The fraction of sp³-hybridized carbons (Fsp3) is 0.333. The van der Waals surface area contributed by atoms with Crippen LogP contribution in [0.5, 0.6) is 0 Å². The second kappa shape index (κ2) is 12.3. The predicted molar refractivity (Wildman–Crippen MR) is 120 cm³/mol. The number of amides is 2. The first-order valence-electron chi connectivity index (χ1n) is 10.4. The molecule has 0 saturated heterocycles. The van der Waals surface area contributed by atoms with Crippen molar-refractivity contribution in [2.75, 3.05) is 6.54 Å². The van der Waals surface area contributed by atoms with Crippen molar-refractivity contribution < 1.29 is 14.5 Å². The molecule has 2 aromatic rings. The van der Waals surface area contributed by atoms with Crippen molar-refractivity contribution in [2.45, 2.75) is 45.2 Å². The van der Waals surface area contributed by atoms with E-state index in [1.165, 1.54) is 12.1 Å². The molecule has 0 radical (unpaired) electrons. The summed E-state index contributed by atoms with van der Waals surface area (Å²) in [5.74, 6) is -0.465. The van der Waals surface area contributed by atoms with Crippen LogP contribution in [0.25, 0.3) is 0 Å². The highest BCUT2D eigenvalue weighted by Gasteiger charge is 2.31. The van der Waals surface area contributed by atoms with Crippen LogP contribution < -0.4 is 5.32 Å². The molecule has 0 saturated carbocycles. The van der Waals surface area contributed by atoms with Gasteiger partial charge in [0.25, 0.3) is 5.69 Å². The van der Waals surface area contributed by atoms with Gasteiger partial charge in [0, 0.05) is 31.6 Å². The minimum Gasteiger partial charge on any atom is -0.350 e. The zero-order valence-electron chi connectivity index (χ0n) is 17.8. The normalized spacial score (nSPS) is 11.4. The summed E-state index contributed by atoms with van der Waals surface area (Å²) in [6.07, 6.45) is 4.05. The fourth-order valence-corrected chi connectivity index (χ4v) is 3.23. The maximum absolute atomic E-state index is 13.3. The molecule has 0 fully saturated rings. The summed E-state index contributed by atoms with van der Waals surface area (Å²) in [6, 6.07) is 14.4. The standard InChI is InChI=1S/C24H29N3O4/c1-3-5-12-22(28)26(17-6-4-2)23(20-13-15-21(16-14-20)27(30)31)24(29)25-18-19-10-8-7-9-11-19/h3,7-11,13-16,23H,1,4-6,12,17-18H2,2H3,(H,25,29). The van der Waals surface area contributed by atoms with Crippen molar-refractivity contribution in [3.8, 4) is 0 Å². The second-order valence-corrected chi connectivity index (χ2v) is 7.22. The van der Waals surface area contributed by atoms with Crippen LogP contribution in [0.15, 0.2) is 67.3 Å². The molecule has 0 heterocycles. The molecule has 1 unspecified atom stereocenters. The maximum Gasteiger partial charge on any atom is 0.269 e. The zero-order valence-corrected chi connectivity index (χ0v) is 17.8. The summed E-state index contributed by atoms with van der Waals surface area (Å²) in [4.78, 5) is 38.3. The van der Waals surface area contributed by atoms with E-state index in [2.05, 4.69) is 11.9 Å². The molecule has 0 aliphatic heterocycles.